The minimum atomic E-state index is -0.922. The van der Waals surface area contributed by atoms with Crippen molar-refractivity contribution in [2.24, 2.45) is 0 Å². The van der Waals surface area contributed by atoms with Crippen molar-refractivity contribution >= 4 is 22.5 Å². The van der Waals surface area contributed by atoms with E-state index >= 15 is 0 Å². The maximum atomic E-state index is 13.7. The Bertz CT molecular complexity index is 1120. The Labute approximate surface area is 146 Å². The van der Waals surface area contributed by atoms with Crippen LogP contribution in [0.4, 0.5) is 14.5 Å². The van der Waals surface area contributed by atoms with Gasteiger partial charge in [-0.25, -0.2) is 13.6 Å². The van der Waals surface area contributed by atoms with Crippen molar-refractivity contribution in [1.29, 1.82) is 0 Å². The number of hydrogen-bond acceptors (Lipinski definition) is 3. The molecule has 6 nitrogen and oxygen atoms in total. The van der Waals surface area contributed by atoms with E-state index in [-0.39, 0.29) is 12.2 Å². The second kappa shape index (κ2) is 6.91. The topological polar surface area (TPSA) is 73.1 Å². The summed E-state index contributed by atoms with van der Waals surface area (Å²) in [5.41, 5.74) is -0.959. The van der Waals surface area contributed by atoms with Gasteiger partial charge in [-0.3, -0.25) is 18.7 Å². The summed E-state index contributed by atoms with van der Waals surface area (Å²) in [5, 5.41) is 2.60. The lowest BCUT2D eigenvalue weighted by Crippen LogP contribution is -2.41. The van der Waals surface area contributed by atoms with E-state index in [0.717, 1.165) is 21.3 Å². The fourth-order valence-corrected chi connectivity index (χ4v) is 2.73. The zero-order valence-electron chi connectivity index (χ0n) is 13.8. The highest BCUT2D eigenvalue weighted by Gasteiger charge is 2.15. The van der Waals surface area contributed by atoms with Gasteiger partial charge in [0, 0.05) is 12.6 Å². The SMILES string of the molecule is CCn1c(=O)c2ccccc2n(CC(=O)Nc2ccc(F)cc2F)c1=O. The summed E-state index contributed by atoms with van der Waals surface area (Å²) < 4.78 is 28.8. The highest BCUT2D eigenvalue weighted by Crippen LogP contribution is 2.15. The highest BCUT2D eigenvalue weighted by molar-refractivity contribution is 5.91. The third-order valence-corrected chi connectivity index (χ3v) is 3.96. The molecule has 0 radical (unpaired) electrons. The molecule has 0 bridgehead atoms. The van der Waals surface area contributed by atoms with Gasteiger partial charge in [-0.05, 0) is 31.2 Å². The standard InChI is InChI=1S/C18H15F2N3O3/c1-2-22-17(25)12-5-3-4-6-15(12)23(18(22)26)10-16(24)21-14-8-7-11(19)9-13(14)20/h3-9H,2,10H2,1H3,(H,21,24). The smallest absolute Gasteiger partial charge is 0.322 e. The molecule has 1 amide bonds. The van der Waals surface area contributed by atoms with Gasteiger partial charge in [0.25, 0.3) is 5.56 Å². The summed E-state index contributed by atoms with van der Waals surface area (Å²) in [7, 11) is 0. The van der Waals surface area contributed by atoms with E-state index in [1.807, 2.05) is 0 Å². The van der Waals surface area contributed by atoms with Crippen LogP contribution in [0.5, 0.6) is 0 Å². The number of amides is 1. The number of aromatic nitrogens is 2. The minimum absolute atomic E-state index is 0.150. The zero-order valence-corrected chi connectivity index (χ0v) is 13.8. The second-order valence-electron chi connectivity index (χ2n) is 5.61. The summed E-state index contributed by atoms with van der Waals surface area (Å²) in [6.07, 6.45) is 0. The molecule has 2 aromatic carbocycles. The van der Waals surface area contributed by atoms with Gasteiger partial charge < -0.3 is 5.32 Å². The predicted octanol–water partition coefficient (Wildman–Crippen LogP) is 2.10. The first-order chi connectivity index (χ1) is 12.4. The van der Waals surface area contributed by atoms with Gasteiger partial charge >= 0.3 is 5.69 Å². The fraction of sp³-hybridized carbons (Fsp3) is 0.167. The average Bonchev–Trinajstić information content (AvgIpc) is 2.61. The molecular weight excluding hydrogens is 344 g/mol. The van der Waals surface area contributed by atoms with Crippen LogP contribution >= 0.6 is 0 Å². The molecule has 134 valence electrons. The van der Waals surface area contributed by atoms with Crippen molar-refractivity contribution in [3.05, 3.63) is 74.9 Å². The Morgan fingerprint density at radius 1 is 1.08 bits per heavy atom. The van der Waals surface area contributed by atoms with Crippen LogP contribution in [0.1, 0.15) is 6.92 Å². The van der Waals surface area contributed by atoms with E-state index < -0.39 is 35.3 Å². The van der Waals surface area contributed by atoms with E-state index in [1.165, 1.54) is 0 Å². The molecule has 0 unspecified atom stereocenters. The Balaban J connectivity index is 2.02. The summed E-state index contributed by atoms with van der Waals surface area (Å²) in [6, 6.07) is 9.18. The van der Waals surface area contributed by atoms with Crippen LogP contribution in [0.25, 0.3) is 10.9 Å². The molecular formula is C18H15F2N3O3. The summed E-state index contributed by atoms with van der Waals surface area (Å²) in [6.45, 7) is 1.38. The molecule has 3 aromatic rings. The summed E-state index contributed by atoms with van der Waals surface area (Å²) in [5.74, 6) is -2.36. The number of fused-ring (bicyclic) bond motifs is 1. The fourth-order valence-electron chi connectivity index (χ4n) is 2.73. The molecule has 0 aliphatic heterocycles. The molecule has 1 heterocycles. The van der Waals surface area contributed by atoms with Crippen molar-refractivity contribution in [1.82, 2.24) is 9.13 Å². The summed E-state index contributed by atoms with van der Waals surface area (Å²) >= 11 is 0. The molecule has 0 saturated carbocycles. The lowest BCUT2D eigenvalue weighted by molar-refractivity contribution is -0.116. The molecule has 8 heteroatoms. The molecule has 0 aliphatic carbocycles. The first kappa shape index (κ1) is 17.5. The van der Waals surface area contributed by atoms with Crippen molar-refractivity contribution in [2.75, 3.05) is 5.32 Å². The maximum absolute atomic E-state index is 13.7. The highest BCUT2D eigenvalue weighted by atomic mass is 19.1. The molecule has 0 atom stereocenters. The molecule has 3 rings (SSSR count). The number of halogens is 2. The van der Waals surface area contributed by atoms with Gasteiger partial charge in [0.15, 0.2) is 0 Å². The van der Waals surface area contributed by atoms with Crippen LogP contribution in [-0.2, 0) is 17.9 Å². The molecule has 0 fully saturated rings. The number of benzene rings is 2. The van der Waals surface area contributed by atoms with E-state index in [2.05, 4.69) is 5.32 Å². The number of para-hydroxylation sites is 1. The average molecular weight is 359 g/mol. The van der Waals surface area contributed by atoms with Crippen LogP contribution in [0, 0.1) is 11.6 Å². The number of carbonyl (C=O) groups excluding carboxylic acids is 1. The van der Waals surface area contributed by atoms with E-state index in [1.54, 1.807) is 31.2 Å². The van der Waals surface area contributed by atoms with Crippen LogP contribution < -0.4 is 16.6 Å². The van der Waals surface area contributed by atoms with Crippen LogP contribution in [-0.4, -0.2) is 15.0 Å². The normalized spacial score (nSPS) is 10.9. The van der Waals surface area contributed by atoms with Crippen molar-refractivity contribution in [3.8, 4) is 0 Å². The summed E-state index contributed by atoms with van der Waals surface area (Å²) in [4.78, 5) is 37.2. The van der Waals surface area contributed by atoms with Crippen LogP contribution in [0.15, 0.2) is 52.1 Å². The van der Waals surface area contributed by atoms with Crippen molar-refractivity contribution < 1.29 is 13.6 Å². The van der Waals surface area contributed by atoms with Crippen LogP contribution in [0.3, 0.4) is 0 Å². The van der Waals surface area contributed by atoms with Gasteiger partial charge in [-0.2, -0.15) is 0 Å². The Morgan fingerprint density at radius 3 is 2.50 bits per heavy atom. The van der Waals surface area contributed by atoms with Gasteiger partial charge in [-0.1, -0.05) is 12.1 Å². The first-order valence-corrected chi connectivity index (χ1v) is 7.89. The Hall–Kier alpha value is -3.29. The number of carbonyl (C=O) groups is 1. The molecule has 0 saturated heterocycles. The van der Waals surface area contributed by atoms with E-state index in [4.69, 9.17) is 0 Å². The third-order valence-electron chi connectivity index (χ3n) is 3.96. The number of rotatable bonds is 4. The first-order valence-electron chi connectivity index (χ1n) is 7.89. The van der Waals surface area contributed by atoms with E-state index in [0.29, 0.717) is 17.0 Å². The number of hydrogen-bond donors (Lipinski definition) is 1. The predicted molar refractivity (Wildman–Crippen MR) is 93.1 cm³/mol. The Kier molecular flexibility index (Phi) is 4.66. The number of nitrogens with one attached hydrogen (secondary N) is 1. The lowest BCUT2D eigenvalue weighted by Gasteiger charge is -2.13. The van der Waals surface area contributed by atoms with Gasteiger partial charge in [0.05, 0.1) is 16.6 Å². The van der Waals surface area contributed by atoms with Gasteiger partial charge in [0.2, 0.25) is 5.91 Å². The zero-order chi connectivity index (χ0) is 18.8. The number of anilines is 1. The van der Waals surface area contributed by atoms with Crippen molar-refractivity contribution in [3.63, 3.8) is 0 Å². The monoisotopic (exact) mass is 359 g/mol. The third kappa shape index (κ3) is 3.13. The largest absolute Gasteiger partial charge is 0.331 e. The second-order valence-corrected chi connectivity index (χ2v) is 5.61. The number of nitrogens with zero attached hydrogens (tertiary/aromatic N) is 2. The quantitative estimate of drug-likeness (QED) is 0.775. The minimum Gasteiger partial charge on any atom is -0.322 e. The van der Waals surface area contributed by atoms with Gasteiger partial charge in [-0.15, -0.1) is 0 Å². The Morgan fingerprint density at radius 2 is 1.81 bits per heavy atom. The van der Waals surface area contributed by atoms with E-state index in [9.17, 15) is 23.2 Å². The molecule has 26 heavy (non-hydrogen) atoms. The molecule has 0 spiro atoms. The molecule has 1 aromatic heterocycles. The maximum Gasteiger partial charge on any atom is 0.331 e. The van der Waals surface area contributed by atoms with Crippen LogP contribution in [0.2, 0.25) is 0 Å². The van der Waals surface area contributed by atoms with Crippen molar-refractivity contribution in [2.45, 2.75) is 20.0 Å². The van der Waals surface area contributed by atoms with Gasteiger partial charge in [0.1, 0.15) is 18.2 Å². The molecule has 0 aliphatic rings. The molecule has 1 N–H and O–H groups in total. The lowest BCUT2D eigenvalue weighted by atomic mass is 10.2.